The monoisotopic (exact) mass is 334 g/mol. The van der Waals surface area contributed by atoms with Gasteiger partial charge in [0.05, 0.1) is 6.26 Å². The molecule has 22 heavy (non-hydrogen) atoms. The van der Waals surface area contributed by atoms with Crippen LogP contribution in [0.5, 0.6) is 5.75 Å². The molecule has 0 saturated carbocycles. The third-order valence-corrected chi connectivity index (χ3v) is 2.89. The van der Waals surface area contributed by atoms with E-state index in [1.165, 1.54) is 0 Å². The molecule has 0 unspecified atom stereocenters. The van der Waals surface area contributed by atoms with Gasteiger partial charge < -0.3 is 13.7 Å². The summed E-state index contributed by atoms with van der Waals surface area (Å²) in [5.41, 5.74) is -0.153. The quantitative estimate of drug-likeness (QED) is 0.571. The number of rotatable bonds is 6. The van der Waals surface area contributed by atoms with Crippen molar-refractivity contribution in [1.29, 1.82) is 0 Å². The van der Waals surface area contributed by atoms with E-state index in [4.69, 9.17) is 13.7 Å². The van der Waals surface area contributed by atoms with Gasteiger partial charge >= 0.3 is 22.1 Å². The number of carbonyl (C=O) groups excluding carboxylic acids is 2. The van der Waals surface area contributed by atoms with E-state index in [-0.39, 0.29) is 16.9 Å². The van der Waals surface area contributed by atoms with Crippen LogP contribution in [0.4, 0.5) is 4.39 Å². The van der Waals surface area contributed by atoms with Gasteiger partial charge in [-0.3, -0.25) is 9.59 Å². The van der Waals surface area contributed by atoms with Gasteiger partial charge in [-0.05, 0) is 12.1 Å². The van der Waals surface area contributed by atoms with Crippen LogP contribution >= 0.6 is 0 Å². The number of hydrogen-bond acceptors (Lipinski definition) is 7. The molecule has 0 aliphatic carbocycles. The van der Waals surface area contributed by atoms with E-state index < -0.39 is 41.1 Å². The number of halogens is 1. The van der Waals surface area contributed by atoms with Crippen LogP contribution in [0.25, 0.3) is 0 Å². The fraction of sp³-hybridized carbons (Fsp3) is 0.385. The molecule has 0 amide bonds. The largest absolute Gasteiger partial charge is 0.461 e. The smallest absolute Gasteiger partial charge is 0.306 e. The highest BCUT2D eigenvalue weighted by atomic mass is 32.2. The van der Waals surface area contributed by atoms with E-state index in [1.807, 2.05) is 0 Å². The van der Waals surface area contributed by atoms with Crippen molar-refractivity contribution in [3.63, 3.8) is 0 Å². The Kier molecular flexibility index (Phi) is 5.86. The van der Waals surface area contributed by atoms with Gasteiger partial charge in [0, 0.05) is 25.0 Å². The molecule has 0 spiro atoms. The lowest BCUT2D eigenvalue weighted by molar-refractivity contribution is -0.144. The van der Waals surface area contributed by atoms with Gasteiger partial charge in [0.1, 0.15) is 24.8 Å². The maximum atomic E-state index is 13.9. The maximum absolute atomic E-state index is 13.9. The predicted octanol–water partition coefficient (Wildman–Crippen LogP) is 1.29. The molecule has 0 atom stereocenters. The third-order valence-electron chi connectivity index (χ3n) is 2.41. The van der Waals surface area contributed by atoms with Crippen LogP contribution in [-0.2, 0) is 42.4 Å². The molecule has 122 valence electrons. The van der Waals surface area contributed by atoms with E-state index >= 15 is 0 Å². The van der Waals surface area contributed by atoms with Crippen LogP contribution in [0, 0.1) is 5.82 Å². The first-order chi connectivity index (χ1) is 10.1. The molecule has 0 heterocycles. The molecule has 7 nitrogen and oxygen atoms in total. The maximum Gasteiger partial charge on any atom is 0.306 e. The van der Waals surface area contributed by atoms with Gasteiger partial charge in [0.2, 0.25) is 0 Å². The molecule has 0 bridgehead atoms. The summed E-state index contributed by atoms with van der Waals surface area (Å²) in [7, 11) is -3.87. The normalized spacial score (nSPS) is 10.9. The summed E-state index contributed by atoms with van der Waals surface area (Å²) in [5, 5.41) is 0. The highest BCUT2D eigenvalue weighted by Gasteiger charge is 2.19. The number of carbonyl (C=O) groups is 2. The van der Waals surface area contributed by atoms with Crippen LogP contribution in [0.2, 0.25) is 0 Å². The SMILES string of the molecule is CC(=O)OCc1c(F)ccc(OS(C)(=O)=O)c1COC(C)=O. The Bertz CT molecular complexity index is 682. The van der Waals surface area contributed by atoms with Crippen molar-refractivity contribution in [3.05, 3.63) is 29.1 Å². The zero-order valence-corrected chi connectivity index (χ0v) is 13.0. The van der Waals surface area contributed by atoms with Gasteiger partial charge in [-0.15, -0.1) is 0 Å². The van der Waals surface area contributed by atoms with Crippen molar-refractivity contribution >= 4 is 22.1 Å². The number of ether oxygens (including phenoxy) is 2. The molecular weight excluding hydrogens is 319 g/mol. The van der Waals surface area contributed by atoms with Gasteiger partial charge in [0.25, 0.3) is 0 Å². The number of hydrogen-bond donors (Lipinski definition) is 0. The minimum absolute atomic E-state index is 0.0260. The molecule has 1 aromatic rings. The summed E-state index contributed by atoms with van der Waals surface area (Å²) < 4.78 is 50.6. The molecule has 1 aromatic carbocycles. The fourth-order valence-electron chi connectivity index (χ4n) is 1.55. The topological polar surface area (TPSA) is 96.0 Å². The Labute approximate surface area is 127 Å². The van der Waals surface area contributed by atoms with Crippen molar-refractivity contribution in [3.8, 4) is 5.75 Å². The Morgan fingerprint density at radius 2 is 1.55 bits per heavy atom. The van der Waals surface area contributed by atoms with Crippen molar-refractivity contribution in [1.82, 2.24) is 0 Å². The summed E-state index contributed by atoms with van der Waals surface area (Å²) in [5.74, 6) is -2.24. The van der Waals surface area contributed by atoms with Gasteiger partial charge in [-0.25, -0.2) is 4.39 Å². The van der Waals surface area contributed by atoms with Crippen molar-refractivity contribution in [2.75, 3.05) is 6.26 Å². The molecule has 9 heteroatoms. The average molecular weight is 334 g/mol. The molecule has 0 radical (unpaired) electrons. The number of benzene rings is 1. The molecule has 1 rings (SSSR count). The summed E-state index contributed by atoms with van der Waals surface area (Å²) in [6.45, 7) is 1.41. The Morgan fingerprint density at radius 1 is 1.05 bits per heavy atom. The Hall–Kier alpha value is -2.16. The van der Waals surface area contributed by atoms with Crippen LogP contribution in [0.3, 0.4) is 0 Å². The van der Waals surface area contributed by atoms with Crippen molar-refractivity contribution < 1.29 is 36.1 Å². The van der Waals surface area contributed by atoms with Crippen molar-refractivity contribution in [2.24, 2.45) is 0 Å². The fourth-order valence-corrected chi connectivity index (χ4v) is 2.03. The molecule has 0 aliphatic heterocycles. The third kappa shape index (κ3) is 5.68. The zero-order chi connectivity index (χ0) is 16.9. The van der Waals surface area contributed by atoms with Crippen molar-refractivity contribution in [2.45, 2.75) is 27.1 Å². The second-order valence-corrected chi connectivity index (χ2v) is 5.93. The lowest BCUT2D eigenvalue weighted by Crippen LogP contribution is -2.13. The summed E-state index contributed by atoms with van der Waals surface area (Å²) >= 11 is 0. The minimum Gasteiger partial charge on any atom is -0.461 e. The summed E-state index contributed by atoms with van der Waals surface area (Å²) in [4.78, 5) is 21.8. The lowest BCUT2D eigenvalue weighted by atomic mass is 10.1. The molecule has 0 fully saturated rings. The van der Waals surface area contributed by atoms with Gasteiger partial charge in [0.15, 0.2) is 0 Å². The van der Waals surface area contributed by atoms with E-state index in [2.05, 4.69) is 0 Å². The highest BCUT2D eigenvalue weighted by Crippen LogP contribution is 2.28. The standard InChI is InChI=1S/C13H15FO7S/c1-8(15)19-6-10-11(7-20-9(2)16)13(5-4-12(10)14)21-22(3,17)18/h4-5H,6-7H2,1-3H3. The predicted molar refractivity (Wildman–Crippen MR) is 72.8 cm³/mol. The molecule has 0 saturated heterocycles. The first kappa shape index (κ1) is 17.9. The number of esters is 2. The lowest BCUT2D eigenvalue weighted by Gasteiger charge is -2.15. The first-order valence-electron chi connectivity index (χ1n) is 6.06. The first-order valence-corrected chi connectivity index (χ1v) is 7.88. The van der Waals surface area contributed by atoms with E-state index in [0.29, 0.717) is 0 Å². The van der Waals surface area contributed by atoms with Gasteiger partial charge in [-0.1, -0.05) is 0 Å². The Balaban J connectivity index is 3.27. The molecule has 0 aromatic heterocycles. The van der Waals surface area contributed by atoms with Gasteiger partial charge in [-0.2, -0.15) is 8.42 Å². The molecule has 0 N–H and O–H groups in total. The highest BCUT2D eigenvalue weighted by molar-refractivity contribution is 7.86. The van der Waals surface area contributed by atoms with Crippen LogP contribution in [0.15, 0.2) is 12.1 Å². The second-order valence-electron chi connectivity index (χ2n) is 4.35. The van der Waals surface area contributed by atoms with Crippen LogP contribution < -0.4 is 4.18 Å². The summed E-state index contributed by atoms with van der Waals surface area (Å²) in [6.07, 6.45) is 0.817. The summed E-state index contributed by atoms with van der Waals surface area (Å²) in [6, 6.07) is 2.06. The average Bonchev–Trinajstić information content (AvgIpc) is 2.35. The second kappa shape index (κ2) is 7.21. The van der Waals surface area contributed by atoms with Crippen LogP contribution in [0.1, 0.15) is 25.0 Å². The molecular formula is C13H15FO7S. The molecule has 0 aliphatic rings. The van der Waals surface area contributed by atoms with E-state index in [1.54, 1.807) is 0 Å². The zero-order valence-electron chi connectivity index (χ0n) is 12.2. The Morgan fingerprint density at radius 3 is 2.00 bits per heavy atom. The van der Waals surface area contributed by atoms with Crippen LogP contribution in [-0.4, -0.2) is 26.6 Å². The minimum atomic E-state index is -3.87. The van der Waals surface area contributed by atoms with E-state index in [9.17, 15) is 22.4 Å². The van der Waals surface area contributed by atoms with E-state index in [0.717, 1.165) is 32.2 Å².